The third kappa shape index (κ3) is 6.54. The van der Waals surface area contributed by atoms with E-state index in [9.17, 15) is 4.79 Å². The van der Waals surface area contributed by atoms with E-state index in [1.54, 1.807) is 7.05 Å². The highest BCUT2D eigenvalue weighted by Crippen LogP contribution is 1.95. The van der Waals surface area contributed by atoms with Gasteiger partial charge in [-0.15, -0.1) is 0 Å². The lowest BCUT2D eigenvalue weighted by molar-refractivity contribution is -0.120. The highest BCUT2D eigenvalue weighted by atomic mass is 16.3. The van der Waals surface area contributed by atoms with Gasteiger partial charge < -0.3 is 15.7 Å². The lowest BCUT2D eigenvalue weighted by atomic mass is 10.1. The maximum atomic E-state index is 10.8. The van der Waals surface area contributed by atoms with E-state index in [-0.39, 0.29) is 12.5 Å². The SMILES string of the molecule is CCC(CCO)NCCC(=O)NC. The van der Waals surface area contributed by atoms with Crippen LogP contribution in [0.3, 0.4) is 0 Å². The van der Waals surface area contributed by atoms with Crippen molar-refractivity contribution in [3.63, 3.8) is 0 Å². The van der Waals surface area contributed by atoms with Crippen LogP contribution in [-0.4, -0.2) is 37.3 Å². The van der Waals surface area contributed by atoms with E-state index < -0.39 is 0 Å². The first-order chi connectivity index (χ1) is 6.24. The quantitative estimate of drug-likeness (QED) is 0.521. The van der Waals surface area contributed by atoms with Crippen LogP contribution < -0.4 is 10.6 Å². The van der Waals surface area contributed by atoms with E-state index in [0.717, 1.165) is 12.8 Å². The average molecular weight is 188 g/mol. The molecule has 0 aliphatic carbocycles. The molecule has 0 aromatic carbocycles. The monoisotopic (exact) mass is 188 g/mol. The van der Waals surface area contributed by atoms with Crippen LogP contribution in [0.25, 0.3) is 0 Å². The van der Waals surface area contributed by atoms with Crippen LogP contribution in [0.1, 0.15) is 26.2 Å². The zero-order chi connectivity index (χ0) is 10.1. The fourth-order valence-electron chi connectivity index (χ4n) is 1.12. The fourth-order valence-corrected chi connectivity index (χ4v) is 1.12. The van der Waals surface area contributed by atoms with Gasteiger partial charge in [0, 0.05) is 32.7 Å². The zero-order valence-electron chi connectivity index (χ0n) is 8.47. The molecule has 0 saturated carbocycles. The first-order valence-corrected chi connectivity index (χ1v) is 4.79. The number of hydrogen-bond acceptors (Lipinski definition) is 3. The molecule has 0 aliphatic heterocycles. The molecule has 4 heteroatoms. The summed E-state index contributed by atoms with van der Waals surface area (Å²) < 4.78 is 0. The molecule has 0 radical (unpaired) electrons. The molecule has 78 valence electrons. The third-order valence-electron chi connectivity index (χ3n) is 2.03. The number of carbonyl (C=O) groups excluding carboxylic acids is 1. The van der Waals surface area contributed by atoms with Crippen molar-refractivity contribution in [2.45, 2.75) is 32.2 Å². The number of aliphatic hydroxyl groups is 1. The van der Waals surface area contributed by atoms with Crippen LogP contribution in [0.4, 0.5) is 0 Å². The van der Waals surface area contributed by atoms with Gasteiger partial charge in [0.05, 0.1) is 0 Å². The molecule has 0 spiro atoms. The van der Waals surface area contributed by atoms with E-state index in [4.69, 9.17) is 5.11 Å². The van der Waals surface area contributed by atoms with Gasteiger partial charge in [0.15, 0.2) is 0 Å². The van der Waals surface area contributed by atoms with Gasteiger partial charge in [-0.05, 0) is 12.8 Å². The van der Waals surface area contributed by atoms with Gasteiger partial charge >= 0.3 is 0 Å². The summed E-state index contributed by atoms with van der Waals surface area (Å²) in [6.07, 6.45) is 2.23. The highest BCUT2D eigenvalue weighted by molar-refractivity contribution is 5.75. The number of nitrogens with one attached hydrogen (secondary N) is 2. The summed E-state index contributed by atoms with van der Waals surface area (Å²) in [7, 11) is 1.63. The van der Waals surface area contributed by atoms with Crippen LogP contribution in [0.5, 0.6) is 0 Å². The largest absolute Gasteiger partial charge is 0.396 e. The Morgan fingerprint density at radius 1 is 1.54 bits per heavy atom. The lowest BCUT2D eigenvalue weighted by Gasteiger charge is -2.14. The van der Waals surface area contributed by atoms with Crippen molar-refractivity contribution in [1.82, 2.24) is 10.6 Å². The number of amides is 1. The average Bonchev–Trinajstić information content (AvgIpc) is 2.16. The molecule has 1 atom stereocenters. The first-order valence-electron chi connectivity index (χ1n) is 4.79. The summed E-state index contributed by atoms with van der Waals surface area (Å²) in [5.74, 6) is 0.0475. The maximum absolute atomic E-state index is 10.8. The summed E-state index contributed by atoms with van der Waals surface area (Å²) in [6, 6.07) is 0.328. The number of hydrogen-bond donors (Lipinski definition) is 3. The van der Waals surface area contributed by atoms with Crippen molar-refractivity contribution >= 4 is 5.91 Å². The molecule has 13 heavy (non-hydrogen) atoms. The minimum atomic E-state index is 0.0475. The van der Waals surface area contributed by atoms with E-state index >= 15 is 0 Å². The molecular formula is C9H20N2O2. The molecule has 0 heterocycles. The van der Waals surface area contributed by atoms with Crippen molar-refractivity contribution in [3.05, 3.63) is 0 Å². The summed E-state index contributed by atoms with van der Waals surface area (Å²) in [4.78, 5) is 10.8. The van der Waals surface area contributed by atoms with Gasteiger partial charge in [-0.1, -0.05) is 6.92 Å². The smallest absolute Gasteiger partial charge is 0.221 e. The molecule has 4 nitrogen and oxygen atoms in total. The second-order valence-corrected chi connectivity index (χ2v) is 2.99. The Morgan fingerprint density at radius 2 is 2.23 bits per heavy atom. The van der Waals surface area contributed by atoms with Crippen molar-refractivity contribution in [1.29, 1.82) is 0 Å². The van der Waals surface area contributed by atoms with Crippen molar-refractivity contribution < 1.29 is 9.90 Å². The van der Waals surface area contributed by atoms with Crippen LogP contribution in [0.2, 0.25) is 0 Å². The molecule has 0 saturated heterocycles. The van der Waals surface area contributed by atoms with E-state index in [1.807, 2.05) is 0 Å². The van der Waals surface area contributed by atoms with Gasteiger partial charge in [-0.3, -0.25) is 4.79 Å². The van der Waals surface area contributed by atoms with Gasteiger partial charge in [-0.25, -0.2) is 0 Å². The summed E-state index contributed by atoms with van der Waals surface area (Å²) >= 11 is 0. The van der Waals surface area contributed by atoms with Crippen LogP contribution in [0.15, 0.2) is 0 Å². The minimum Gasteiger partial charge on any atom is -0.396 e. The standard InChI is InChI=1S/C9H20N2O2/c1-3-8(5-7-12)11-6-4-9(13)10-2/h8,11-12H,3-7H2,1-2H3,(H,10,13). The molecule has 1 amide bonds. The Bertz CT molecular complexity index is 140. The lowest BCUT2D eigenvalue weighted by Crippen LogP contribution is -2.33. The molecule has 0 aliphatic rings. The summed E-state index contributed by atoms with van der Waals surface area (Å²) in [5.41, 5.74) is 0. The Morgan fingerprint density at radius 3 is 2.69 bits per heavy atom. The Labute approximate surface area is 79.7 Å². The van der Waals surface area contributed by atoms with E-state index in [1.165, 1.54) is 0 Å². The molecule has 0 aromatic heterocycles. The number of aliphatic hydroxyl groups excluding tert-OH is 1. The zero-order valence-corrected chi connectivity index (χ0v) is 8.47. The maximum Gasteiger partial charge on any atom is 0.221 e. The van der Waals surface area contributed by atoms with E-state index in [2.05, 4.69) is 17.6 Å². The third-order valence-corrected chi connectivity index (χ3v) is 2.03. The molecular weight excluding hydrogens is 168 g/mol. The van der Waals surface area contributed by atoms with Gasteiger partial charge in [0.2, 0.25) is 5.91 Å². The molecule has 0 fully saturated rings. The van der Waals surface area contributed by atoms with E-state index in [0.29, 0.717) is 19.0 Å². The fraction of sp³-hybridized carbons (Fsp3) is 0.889. The molecule has 0 bridgehead atoms. The Kier molecular flexibility index (Phi) is 7.63. The van der Waals surface area contributed by atoms with Crippen molar-refractivity contribution in [2.75, 3.05) is 20.2 Å². The van der Waals surface area contributed by atoms with Gasteiger partial charge in [0.25, 0.3) is 0 Å². The predicted octanol–water partition coefficient (Wildman–Crippen LogP) is -0.127. The highest BCUT2D eigenvalue weighted by Gasteiger charge is 2.04. The number of carbonyl (C=O) groups is 1. The molecule has 0 aromatic rings. The second kappa shape index (κ2) is 8.01. The number of rotatable bonds is 7. The predicted molar refractivity (Wildman–Crippen MR) is 52.5 cm³/mol. The molecule has 0 rings (SSSR count). The molecule has 1 unspecified atom stereocenters. The van der Waals surface area contributed by atoms with Gasteiger partial charge in [0.1, 0.15) is 0 Å². The Balaban J connectivity index is 3.42. The topological polar surface area (TPSA) is 61.4 Å². The molecule has 3 N–H and O–H groups in total. The van der Waals surface area contributed by atoms with Crippen LogP contribution in [0, 0.1) is 0 Å². The van der Waals surface area contributed by atoms with Gasteiger partial charge in [-0.2, -0.15) is 0 Å². The van der Waals surface area contributed by atoms with Crippen molar-refractivity contribution in [2.24, 2.45) is 0 Å². The summed E-state index contributed by atoms with van der Waals surface area (Å²) in [5, 5.41) is 14.5. The van der Waals surface area contributed by atoms with Crippen LogP contribution >= 0.6 is 0 Å². The van der Waals surface area contributed by atoms with Crippen LogP contribution in [-0.2, 0) is 4.79 Å². The summed E-state index contributed by atoms with van der Waals surface area (Å²) in [6.45, 7) is 2.94. The van der Waals surface area contributed by atoms with Crippen molar-refractivity contribution in [3.8, 4) is 0 Å². The second-order valence-electron chi connectivity index (χ2n) is 2.99. The normalized spacial score (nSPS) is 12.5. The Hall–Kier alpha value is -0.610. The first kappa shape index (κ1) is 12.4. The minimum absolute atomic E-state index is 0.0475.